The van der Waals surface area contributed by atoms with E-state index < -0.39 is 0 Å². The Balaban J connectivity index is 2.15. The summed E-state index contributed by atoms with van der Waals surface area (Å²) in [5, 5.41) is 0. The van der Waals surface area contributed by atoms with Gasteiger partial charge in [0.05, 0.1) is 12.1 Å². The van der Waals surface area contributed by atoms with Gasteiger partial charge in [0.2, 0.25) is 5.91 Å². The number of para-hydroxylation sites is 1. The van der Waals surface area contributed by atoms with Gasteiger partial charge < -0.3 is 0 Å². The normalized spacial score (nSPS) is 14.5. The molecule has 4 heteroatoms. The van der Waals surface area contributed by atoms with Gasteiger partial charge in [0.1, 0.15) is 0 Å². The molecule has 1 amide bonds. The topological polar surface area (TPSA) is 37.4 Å². The molecule has 1 aliphatic rings. The Morgan fingerprint density at radius 3 is 2.37 bits per heavy atom. The fourth-order valence-corrected chi connectivity index (χ4v) is 2.49. The van der Waals surface area contributed by atoms with E-state index in [1.54, 1.807) is 17.0 Å². The predicted molar refractivity (Wildman–Crippen MR) is 76.7 cm³/mol. The molecule has 1 heterocycles. The molecule has 3 nitrogen and oxygen atoms in total. The molecule has 0 bridgehead atoms. The first-order valence-electron chi connectivity index (χ1n) is 5.87. The second kappa shape index (κ2) is 4.63. The number of fused-ring (bicyclic) bond motifs is 1. The van der Waals surface area contributed by atoms with Crippen molar-refractivity contribution in [3.63, 3.8) is 0 Å². The van der Waals surface area contributed by atoms with Crippen molar-refractivity contribution in [2.24, 2.45) is 0 Å². The first-order valence-corrected chi connectivity index (χ1v) is 6.67. The third-order valence-corrected chi connectivity index (χ3v) is 3.62. The highest BCUT2D eigenvalue weighted by atomic mass is 79.9. The number of carbonyl (C=O) groups excluding carboxylic acids is 2. The summed E-state index contributed by atoms with van der Waals surface area (Å²) in [6, 6.07) is 14.7. The van der Waals surface area contributed by atoms with E-state index in [4.69, 9.17) is 0 Å². The van der Waals surface area contributed by atoms with Gasteiger partial charge in [-0.1, -0.05) is 28.1 Å². The van der Waals surface area contributed by atoms with Crippen LogP contribution >= 0.6 is 15.9 Å². The number of amides is 1. The molecule has 19 heavy (non-hydrogen) atoms. The Kier molecular flexibility index (Phi) is 2.95. The van der Waals surface area contributed by atoms with Gasteiger partial charge in [0.15, 0.2) is 5.78 Å². The van der Waals surface area contributed by atoms with Crippen molar-refractivity contribution < 1.29 is 9.59 Å². The summed E-state index contributed by atoms with van der Waals surface area (Å²) in [5.74, 6) is -0.306. The summed E-state index contributed by atoms with van der Waals surface area (Å²) in [7, 11) is 0. The standard InChI is InChI=1S/C15H10BrNO2/c16-10-5-7-11(8-6-10)17-13-4-2-1-3-12(13)14(18)9-15(17)19/h1-8H,9H2. The number of carbonyl (C=O) groups is 2. The molecule has 2 aromatic carbocycles. The maximum Gasteiger partial charge on any atom is 0.239 e. The van der Waals surface area contributed by atoms with E-state index in [0.717, 1.165) is 10.2 Å². The zero-order valence-electron chi connectivity index (χ0n) is 9.97. The number of Topliss-reactive ketones (excluding diaryl/α,β-unsaturated/α-hetero) is 1. The van der Waals surface area contributed by atoms with Crippen LogP contribution in [0.2, 0.25) is 0 Å². The summed E-state index contributed by atoms with van der Waals surface area (Å²) in [4.78, 5) is 25.6. The zero-order chi connectivity index (χ0) is 13.4. The van der Waals surface area contributed by atoms with Crippen LogP contribution < -0.4 is 4.90 Å². The van der Waals surface area contributed by atoms with Gasteiger partial charge in [-0.15, -0.1) is 0 Å². The van der Waals surface area contributed by atoms with Gasteiger partial charge >= 0.3 is 0 Å². The largest absolute Gasteiger partial charge is 0.294 e. The van der Waals surface area contributed by atoms with Crippen molar-refractivity contribution in [3.05, 3.63) is 58.6 Å². The minimum absolute atomic E-state index is 0.0763. The van der Waals surface area contributed by atoms with Crippen molar-refractivity contribution in [3.8, 4) is 0 Å². The number of anilines is 2. The molecule has 0 radical (unpaired) electrons. The SMILES string of the molecule is O=C1CC(=O)N(c2ccc(Br)cc2)c2ccccc21. The van der Waals surface area contributed by atoms with Crippen LogP contribution in [0.15, 0.2) is 53.0 Å². The molecule has 0 saturated heterocycles. The first-order chi connectivity index (χ1) is 9.16. The summed E-state index contributed by atoms with van der Waals surface area (Å²) in [5.41, 5.74) is 2.03. The number of hydrogen-bond donors (Lipinski definition) is 0. The Morgan fingerprint density at radius 2 is 1.63 bits per heavy atom. The molecule has 2 aromatic rings. The van der Waals surface area contributed by atoms with E-state index in [1.807, 2.05) is 36.4 Å². The number of halogens is 1. The molecule has 0 unspecified atom stereocenters. The summed E-state index contributed by atoms with van der Waals surface area (Å²) >= 11 is 3.37. The van der Waals surface area contributed by atoms with Gasteiger partial charge in [-0.3, -0.25) is 14.5 Å². The highest BCUT2D eigenvalue weighted by molar-refractivity contribution is 9.10. The van der Waals surface area contributed by atoms with Crippen molar-refractivity contribution in [2.75, 3.05) is 4.90 Å². The van der Waals surface area contributed by atoms with Gasteiger partial charge in [-0.2, -0.15) is 0 Å². The average molecular weight is 316 g/mol. The monoisotopic (exact) mass is 315 g/mol. The first kappa shape index (κ1) is 12.1. The predicted octanol–water partition coefficient (Wildman–Crippen LogP) is 3.70. The zero-order valence-corrected chi connectivity index (χ0v) is 11.6. The quantitative estimate of drug-likeness (QED) is 0.752. The second-order valence-electron chi connectivity index (χ2n) is 4.32. The van der Waals surface area contributed by atoms with Crippen LogP contribution in [0.25, 0.3) is 0 Å². The number of hydrogen-bond acceptors (Lipinski definition) is 2. The third kappa shape index (κ3) is 2.08. The number of rotatable bonds is 1. The van der Waals surface area contributed by atoms with Crippen molar-refractivity contribution in [2.45, 2.75) is 6.42 Å². The molecule has 94 valence electrons. The molecule has 0 fully saturated rings. The Morgan fingerprint density at radius 1 is 0.947 bits per heavy atom. The van der Waals surface area contributed by atoms with Crippen LogP contribution in [0.1, 0.15) is 16.8 Å². The fraction of sp³-hybridized carbons (Fsp3) is 0.0667. The van der Waals surface area contributed by atoms with Crippen molar-refractivity contribution in [1.82, 2.24) is 0 Å². The number of nitrogens with zero attached hydrogens (tertiary/aromatic N) is 1. The number of ketones is 1. The van der Waals surface area contributed by atoms with Crippen molar-refractivity contribution in [1.29, 1.82) is 0 Å². The molecule has 1 aliphatic heterocycles. The molecule has 0 saturated carbocycles. The molecular weight excluding hydrogens is 306 g/mol. The van der Waals surface area contributed by atoms with Crippen LogP contribution in [0.4, 0.5) is 11.4 Å². The average Bonchev–Trinajstić information content (AvgIpc) is 2.41. The summed E-state index contributed by atoms with van der Waals surface area (Å²) in [6.07, 6.45) is -0.0763. The molecule has 0 N–H and O–H groups in total. The second-order valence-corrected chi connectivity index (χ2v) is 5.24. The van der Waals surface area contributed by atoms with E-state index in [9.17, 15) is 9.59 Å². The third-order valence-electron chi connectivity index (χ3n) is 3.09. The number of benzene rings is 2. The van der Waals surface area contributed by atoms with E-state index in [2.05, 4.69) is 15.9 Å². The van der Waals surface area contributed by atoms with Crippen LogP contribution in [-0.4, -0.2) is 11.7 Å². The van der Waals surface area contributed by atoms with E-state index in [0.29, 0.717) is 11.3 Å². The van der Waals surface area contributed by atoms with Crippen LogP contribution in [-0.2, 0) is 4.79 Å². The van der Waals surface area contributed by atoms with E-state index in [1.165, 1.54) is 0 Å². The Hall–Kier alpha value is -1.94. The molecule has 0 spiro atoms. The van der Waals surface area contributed by atoms with Gasteiger partial charge in [0, 0.05) is 15.7 Å². The fourth-order valence-electron chi connectivity index (χ4n) is 2.22. The van der Waals surface area contributed by atoms with Gasteiger partial charge in [-0.25, -0.2) is 0 Å². The highest BCUT2D eigenvalue weighted by Gasteiger charge is 2.30. The van der Waals surface area contributed by atoms with E-state index >= 15 is 0 Å². The van der Waals surface area contributed by atoms with Crippen LogP contribution in [0.3, 0.4) is 0 Å². The Labute approximate surface area is 119 Å². The highest BCUT2D eigenvalue weighted by Crippen LogP contribution is 2.34. The lowest BCUT2D eigenvalue weighted by Gasteiger charge is -2.28. The lowest BCUT2D eigenvalue weighted by Crippen LogP contribution is -2.33. The van der Waals surface area contributed by atoms with Gasteiger partial charge in [-0.05, 0) is 36.4 Å². The summed E-state index contributed by atoms with van der Waals surface area (Å²) in [6.45, 7) is 0. The smallest absolute Gasteiger partial charge is 0.239 e. The van der Waals surface area contributed by atoms with Crippen LogP contribution in [0, 0.1) is 0 Å². The maximum absolute atomic E-state index is 12.1. The minimum atomic E-state index is -0.189. The molecule has 0 aliphatic carbocycles. The maximum atomic E-state index is 12.1. The lowest BCUT2D eigenvalue weighted by molar-refractivity contribution is -0.117. The Bertz CT molecular complexity index is 664. The summed E-state index contributed by atoms with van der Waals surface area (Å²) < 4.78 is 0.949. The molecule has 3 rings (SSSR count). The molecule has 0 atom stereocenters. The van der Waals surface area contributed by atoms with Crippen LogP contribution in [0.5, 0.6) is 0 Å². The lowest BCUT2D eigenvalue weighted by atomic mass is 9.99. The molecular formula is C15H10BrNO2. The minimum Gasteiger partial charge on any atom is -0.294 e. The molecule has 0 aromatic heterocycles. The van der Waals surface area contributed by atoms with Crippen molar-refractivity contribution >= 4 is 39.0 Å². The van der Waals surface area contributed by atoms with Gasteiger partial charge in [0.25, 0.3) is 0 Å². The van der Waals surface area contributed by atoms with E-state index in [-0.39, 0.29) is 18.1 Å².